The lowest BCUT2D eigenvalue weighted by atomic mass is 10.2. The standard InChI is InChI=1S/C24H25FN4O2/c1-27(2)19-10-7-17(8-11-19)16-26-23(30)6-4-14-29-22-15-18(25)9-12-20(22)28-13-3-5-21(28)24(29)31/h3,5,7-13,15H,4,6,14,16H2,1-2H3,(H,26,30). The molecule has 0 radical (unpaired) electrons. The Kier molecular flexibility index (Phi) is 5.75. The molecule has 0 bridgehead atoms. The van der Waals surface area contributed by atoms with E-state index in [1.807, 2.05) is 43.3 Å². The number of nitrogens with one attached hydrogen (secondary N) is 1. The van der Waals surface area contributed by atoms with Gasteiger partial charge in [-0.3, -0.25) is 9.59 Å². The van der Waals surface area contributed by atoms with Crippen molar-refractivity contribution in [1.82, 2.24) is 14.3 Å². The van der Waals surface area contributed by atoms with E-state index in [4.69, 9.17) is 0 Å². The Bertz CT molecular complexity index is 1290. The highest BCUT2D eigenvalue weighted by atomic mass is 19.1. The van der Waals surface area contributed by atoms with Crippen molar-refractivity contribution in [3.63, 3.8) is 0 Å². The molecule has 0 aliphatic carbocycles. The van der Waals surface area contributed by atoms with Crippen molar-refractivity contribution in [1.29, 1.82) is 0 Å². The molecule has 0 fully saturated rings. The average molecular weight is 420 g/mol. The number of hydrogen-bond donors (Lipinski definition) is 1. The number of amides is 1. The molecule has 4 rings (SSSR count). The fourth-order valence-electron chi connectivity index (χ4n) is 3.75. The first-order valence-corrected chi connectivity index (χ1v) is 10.3. The van der Waals surface area contributed by atoms with Gasteiger partial charge in [-0.1, -0.05) is 12.1 Å². The first kappa shape index (κ1) is 20.7. The molecule has 7 heteroatoms. The molecule has 0 unspecified atom stereocenters. The molecule has 0 saturated heterocycles. The molecule has 2 aromatic heterocycles. The summed E-state index contributed by atoms with van der Waals surface area (Å²) in [6.07, 6.45) is 2.55. The largest absolute Gasteiger partial charge is 0.378 e. The molecule has 0 saturated carbocycles. The third-order valence-electron chi connectivity index (χ3n) is 5.43. The van der Waals surface area contributed by atoms with Crippen LogP contribution in [0, 0.1) is 5.82 Å². The van der Waals surface area contributed by atoms with Gasteiger partial charge in [-0.25, -0.2) is 4.39 Å². The molecule has 6 nitrogen and oxygen atoms in total. The zero-order valence-corrected chi connectivity index (χ0v) is 17.6. The fraction of sp³-hybridized carbons (Fsp3) is 0.250. The maximum Gasteiger partial charge on any atom is 0.275 e. The summed E-state index contributed by atoms with van der Waals surface area (Å²) in [5.74, 6) is -0.478. The van der Waals surface area contributed by atoms with Crippen LogP contribution in [0.15, 0.2) is 65.6 Å². The first-order chi connectivity index (χ1) is 14.9. The van der Waals surface area contributed by atoms with Gasteiger partial charge >= 0.3 is 0 Å². The highest BCUT2D eigenvalue weighted by Gasteiger charge is 2.12. The van der Waals surface area contributed by atoms with E-state index in [1.165, 1.54) is 12.1 Å². The van der Waals surface area contributed by atoms with Crippen LogP contribution in [0.25, 0.3) is 16.6 Å². The summed E-state index contributed by atoms with van der Waals surface area (Å²) in [6.45, 7) is 0.794. The summed E-state index contributed by atoms with van der Waals surface area (Å²) >= 11 is 0. The molecule has 160 valence electrons. The molecule has 31 heavy (non-hydrogen) atoms. The molecule has 2 heterocycles. The monoisotopic (exact) mass is 420 g/mol. The minimum atomic E-state index is -0.398. The Labute approximate surface area is 179 Å². The summed E-state index contributed by atoms with van der Waals surface area (Å²) < 4.78 is 17.2. The molecule has 0 aliphatic rings. The molecule has 0 atom stereocenters. The zero-order valence-electron chi connectivity index (χ0n) is 17.6. The van der Waals surface area contributed by atoms with Gasteiger partial charge in [-0.15, -0.1) is 0 Å². The van der Waals surface area contributed by atoms with Gasteiger partial charge < -0.3 is 19.2 Å². The van der Waals surface area contributed by atoms with Gasteiger partial charge in [0.1, 0.15) is 11.3 Å². The highest BCUT2D eigenvalue weighted by molar-refractivity contribution is 5.79. The van der Waals surface area contributed by atoms with E-state index in [1.54, 1.807) is 33.4 Å². The van der Waals surface area contributed by atoms with Crippen LogP contribution in [-0.2, 0) is 17.9 Å². The van der Waals surface area contributed by atoms with E-state index in [0.717, 1.165) is 16.8 Å². The lowest BCUT2D eigenvalue weighted by Gasteiger charge is -2.13. The maximum absolute atomic E-state index is 13.9. The normalized spacial score (nSPS) is 11.2. The van der Waals surface area contributed by atoms with Gasteiger partial charge in [0, 0.05) is 45.5 Å². The van der Waals surface area contributed by atoms with Crippen LogP contribution in [0.4, 0.5) is 10.1 Å². The van der Waals surface area contributed by atoms with Crippen LogP contribution in [0.1, 0.15) is 18.4 Å². The van der Waals surface area contributed by atoms with Crippen LogP contribution in [0.5, 0.6) is 0 Å². The Morgan fingerprint density at radius 2 is 1.81 bits per heavy atom. The van der Waals surface area contributed by atoms with Crippen LogP contribution in [0.3, 0.4) is 0 Å². The molecule has 4 aromatic rings. The zero-order chi connectivity index (χ0) is 22.0. The van der Waals surface area contributed by atoms with Crippen LogP contribution in [0.2, 0.25) is 0 Å². The lowest BCUT2D eigenvalue weighted by Crippen LogP contribution is -2.25. The predicted octanol–water partition coefficient (Wildman–Crippen LogP) is 3.56. The van der Waals surface area contributed by atoms with E-state index in [9.17, 15) is 14.0 Å². The topological polar surface area (TPSA) is 58.8 Å². The third-order valence-corrected chi connectivity index (χ3v) is 5.43. The van der Waals surface area contributed by atoms with Crippen molar-refractivity contribution >= 4 is 28.1 Å². The first-order valence-electron chi connectivity index (χ1n) is 10.3. The summed E-state index contributed by atoms with van der Waals surface area (Å²) in [5, 5.41) is 2.92. The van der Waals surface area contributed by atoms with E-state index in [0.29, 0.717) is 30.5 Å². The number of halogens is 1. The SMILES string of the molecule is CN(C)c1ccc(CNC(=O)CCCn2c(=O)c3cccn3c3ccc(F)cc32)cc1. The van der Waals surface area contributed by atoms with Crippen LogP contribution >= 0.6 is 0 Å². The molecule has 1 N–H and O–H groups in total. The molecule has 2 aromatic carbocycles. The van der Waals surface area contributed by atoms with E-state index >= 15 is 0 Å². The van der Waals surface area contributed by atoms with Crippen molar-refractivity contribution in [2.75, 3.05) is 19.0 Å². The minimum Gasteiger partial charge on any atom is -0.378 e. The van der Waals surface area contributed by atoms with Gasteiger partial charge in [-0.05, 0) is 54.4 Å². The Morgan fingerprint density at radius 3 is 2.55 bits per heavy atom. The van der Waals surface area contributed by atoms with Crippen molar-refractivity contribution in [2.24, 2.45) is 0 Å². The van der Waals surface area contributed by atoms with E-state index < -0.39 is 5.82 Å². The summed E-state index contributed by atoms with van der Waals surface area (Å²) in [6, 6.07) is 16.0. The number of anilines is 1. The Morgan fingerprint density at radius 1 is 1.03 bits per heavy atom. The van der Waals surface area contributed by atoms with Crippen LogP contribution in [-0.4, -0.2) is 29.0 Å². The number of rotatable bonds is 7. The fourth-order valence-corrected chi connectivity index (χ4v) is 3.75. The van der Waals surface area contributed by atoms with Gasteiger partial charge in [0.2, 0.25) is 5.91 Å². The highest BCUT2D eigenvalue weighted by Crippen LogP contribution is 2.17. The maximum atomic E-state index is 13.9. The minimum absolute atomic E-state index is 0.0796. The van der Waals surface area contributed by atoms with Crippen molar-refractivity contribution in [3.8, 4) is 0 Å². The summed E-state index contributed by atoms with van der Waals surface area (Å²) in [4.78, 5) is 27.2. The summed E-state index contributed by atoms with van der Waals surface area (Å²) in [5.41, 5.74) is 3.75. The predicted molar refractivity (Wildman–Crippen MR) is 121 cm³/mol. The van der Waals surface area contributed by atoms with Crippen molar-refractivity contribution in [2.45, 2.75) is 25.9 Å². The number of aromatic nitrogens is 2. The van der Waals surface area contributed by atoms with Gasteiger partial charge in [0.15, 0.2) is 0 Å². The number of fused-ring (bicyclic) bond motifs is 3. The quantitative estimate of drug-likeness (QED) is 0.497. The second kappa shape index (κ2) is 8.63. The number of nitrogens with zero attached hydrogens (tertiary/aromatic N) is 3. The number of hydrogen-bond acceptors (Lipinski definition) is 3. The Hall–Kier alpha value is -3.61. The van der Waals surface area contributed by atoms with Gasteiger partial charge in [0.25, 0.3) is 5.56 Å². The molecular formula is C24H25FN4O2. The van der Waals surface area contributed by atoms with Crippen molar-refractivity contribution in [3.05, 3.63) is 82.5 Å². The average Bonchev–Trinajstić information content (AvgIpc) is 3.25. The van der Waals surface area contributed by atoms with Crippen LogP contribution < -0.4 is 15.8 Å². The number of carbonyl (C=O) groups excluding carboxylic acids is 1. The lowest BCUT2D eigenvalue weighted by molar-refractivity contribution is -0.121. The smallest absolute Gasteiger partial charge is 0.275 e. The van der Waals surface area contributed by atoms with E-state index in [-0.39, 0.29) is 17.9 Å². The summed E-state index contributed by atoms with van der Waals surface area (Å²) in [7, 11) is 3.96. The number of aryl methyl sites for hydroxylation is 1. The molecule has 1 amide bonds. The van der Waals surface area contributed by atoms with E-state index in [2.05, 4.69) is 5.32 Å². The van der Waals surface area contributed by atoms with Crippen molar-refractivity contribution < 1.29 is 9.18 Å². The molecule has 0 spiro atoms. The third kappa shape index (κ3) is 4.30. The number of carbonyl (C=O) groups is 1. The molecule has 0 aliphatic heterocycles. The molecular weight excluding hydrogens is 395 g/mol. The van der Waals surface area contributed by atoms with Gasteiger partial charge in [0.05, 0.1) is 11.0 Å². The van der Waals surface area contributed by atoms with Gasteiger partial charge in [-0.2, -0.15) is 0 Å². The second-order valence-corrected chi connectivity index (χ2v) is 7.79. The number of benzene rings is 2. The second-order valence-electron chi connectivity index (χ2n) is 7.79. The Balaban J connectivity index is 1.42.